The van der Waals surface area contributed by atoms with E-state index in [-0.39, 0.29) is 0 Å². The largest absolute Gasteiger partial charge is 0.328 e. The summed E-state index contributed by atoms with van der Waals surface area (Å²) in [6.07, 6.45) is 4.34. The maximum Gasteiger partial charge on any atom is 0.109 e. The number of fused-ring (bicyclic) bond motifs is 1. The van der Waals surface area contributed by atoms with E-state index in [1.165, 1.54) is 34.6 Å². The van der Waals surface area contributed by atoms with Gasteiger partial charge in [-0.1, -0.05) is 54.6 Å². The Kier molecular flexibility index (Phi) is 2.66. The molecule has 0 aliphatic carbocycles. The van der Waals surface area contributed by atoms with Gasteiger partial charge in [-0.15, -0.1) is 0 Å². The molecule has 0 bridgehead atoms. The Morgan fingerprint density at radius 3 is 2.30 bits per heavy atom. The van der Waals surface area contributed by atoms with Crippen molar-refractivity contribution in [2.24, 2.45) is 0 Å². The zero-order chi connectivity index (χ0) is 13.4. The number of aromatic nitrogens is 2. The molecule has 2 aromatic carbocycles. The van der Waals surface area contributed by atoms with Crippen molar-refractivity contribution in [2.75, 3.05) is 0 Å². The Morgan fingerprint density at radius 1 is 0.800 bits per heavy atom. The maximum absolute atomic E-state index is 4.52. The van der Waals surface area contributed by atoms with Crippen molar-refractivity contribution >= 4 is 0 Å². The number of aryl methyl sites for hydroxylation is 1. The molecule has 2 nitrogen and oxygen atoms in total. The highest BCUT2D eigenvalue weighted by Crippen LogP contribution is 2.27. The van der Waals surface area contributed by atoms with Crippen LogP contribution in [0.2, 0.25) is 0 Å². The number of rotatable bonds is 2. The number of nitrogens with zero attached hydrogens (tertiary/aromatic N) is 2. The predicted octanol–water partition coefficient (Wildman–Crippen LogP) is 4.16. The molecule has 3 aromatic rings. The molecule has 0 saturated carbocycles. The summed E-state index contributed by atoms with van der Waals surface area (Å²) in [7, 11) is 0. The molecule has 1 aliphatic rings. The molecule has 0 N–H and O–H groups in total. The summed E-state index contributed by atoms with van der Waals surface area (Å²) in [5.74, 6) is 1.23. The van der Waals surface area contributed by atoms with E-state index in [0.29, 0.717) is 0 Å². The lowest BCUT2D eigenvalue weighted by Gasteiger charge is -2.06. The summed E-state index contributed by atoms with van der Waals surface area (Å²) in [5.41, 5.74) is 5.02. The zero-order valence-electron chi connectivity index (χ0n) is 11.3. The van der Waals surface area contributed by atoms with Crippen LogP contribution in [0.3, 0.4) is 0 Å². The molecule has 20 heavy (non-hydrogen) atoms. The van der Waals surface area contributed by atoms with Crippen LogP contribution in [0.15, 0.2) is 60.8 Å². The first kappa shape index (κ1) is 11.5. The highest BCUT2D eigenvalue weighted by Gasteiger charge is 2.16. The second-order valence-electron chi connectivity index (χ2n) is 5.26. The van der Waals surface area contributed by atoms with Gasteiger partial charge in [-0.25, -0.2) is 4.98 Å². The molecule has 1 aromatic heterocycles. The van der Waals surface area contributed by atoms with Gasteiger partial charge >= 0.3 is 0 Å². The Bertz CT molecular complexity index is 724. The van der Waals surface area contributed by atoms with Crippen LogP contribution in [-0.2, 0) is 13.0 Å². The second kappa shape index (κ2) is 4.64. The van der Waals surface area contributed by atoms with Crippen LogP contribution >= 0.6 is 0 Å². The minimum atomic E-state index is 1.10. The van der Waals surface area contributed by atoms with Gasteiger partial charge in [0.05, 0.1) is 11.9 Å². The fraction of sp³-hybridized carbons (Fsp3) is 0.167. The number of imidazole rings is 1. The fourth-order valence-corrected chi connectivity index (χ4v) is 2.95. The third-order valence-corrected chi connectivity index (χ3v) is 4.01. The van der Waals surface area contributed by atoms with Crippen LogP contribution in [0.5, 0.6) is 0 Å². The monoisotopic (exact) mass is 260 g/mol. The summed E-state index contributed by atoms with van der Waals surface area (Å²) in [6, 6.07) is 19.3. The Hall–Kier alpha value is -2.35. The minimum absolute atomic E-state index is 1.10. The molecule has 0 saturated heterocycles. The summed E-state index contributed by atoms with van der Waals surface area (Å²) >= 11 is 0. The molecule has 1 aliphatic heterocycles. The smallest absolute Gasteiger partial charge is 0.109 e. The first-order valence-electron chi connectivity index (χ1n) is 7.12. The Morgan fingerprint density at radius 2 is 1.50 bits per heavy atom. The Labute approximate surface area is 118 Å². The van der Waals surface area contributed by atoms with Crippen molar-refractivity contribution in [1.29, 1.82) is 0 Å². The average molecular weight is 260 g/mol. The average Bonchev–Trinajstić information content (AvgIpc) is 3.11. The lowest BCUT2D eigenvalue weighted by molar-refractivity contribution is 0.756. The molecule has 0 radical (unpaired) electrons. The Balaban J connectivity index is 1.71. The summed E-state index contributed by atoms with van der Waals surface area (Å²) in [6.45, 7) is 1.10. The van der Waals surface area contributed by atoms with Gasteiger partial charge in [0.2, 0.25) is 0 Å². The van der Waals surface area contributed by atoms with Crippen molar-refractivity contribution in [1.82, 2.24) is 9.55 Å². The summed E-state index contributed by atoms with van der Waals surface area (Å²) in [4.78, 5) is 4.52. The highest BCUT2D eigenvalue weighted by molar-refractivity contribution is 5.68. The highest BCUT2D eigenvalue weighted by atomic mass is 15.1. The van der Waals surface area contributed by atoms with Gasteiger partial charge in [0.1, 0.15) is 5.82 Å². The van der Waals surface area contributed by atoms with Crippen LogP contribution in [0.4, 0.5) is 0 Å². The van der Waals surface area contributed by atoms with Gasteiger partial charge in [0.25, 0.3) is 0 Å². The van der Waals surface area contributed by atoms with E-state index in [2.05, 4.69) is 58.1 Å². The lowest BCUT2D eigenvalue weighted by Crippen LogP contribution is -1.95. The standard InChI is InChI=1S/C18H16N2/c1-2-5-14(6-3-1)15-8-10-16(11-9-15)17-13-19-18-7-4-12-20(17)18/h1-3,5-6,8-11,13H,4,7,12H2. The van der Waals surface area contributed by atoms with E-state index in [4.69, 9.17) is 0 Å². The molecule has 0 amide bonds. The van der Waals surface area contributed by atoms with Gasteiger partial charge in [0.15, 0.2) is 0 Å². The second-order valence-corrected chi connectivity index (χ2v) is 5.26. The normalized spacial score (nSPS) is 13.4. The van der Waals surface area contributed by atoms with Crippen molar-refractivity contribution in [2.45, 2.75) is 19.4 Å². The van der Waals surface area contributed by atoms with Crippen molar-refractivity contribution in [3.63, 3.8) is 0 Å². The molecular weight excluding hydrogens is 244 g/mol. The molecule has 2 heterocycles. The topological polar surface area (TPSA) is 17.8 Å². The third kappa shape index (κ3) is 1.85. The van der Waals surface area contributed by atoms with Crippen LogP contribution < -0.4 is 0 Å². The summed E-state index contributed by atoms with van der Waals surface area (Å²) in [5, 5.41) is 0. The molecule has 0 spiro atoms. The summed E-state index contributed by atoms with van der Waals surface area (Å²) < 4.78 is 2.34. The molecule has 98 valence electrons. The van der Waals surface area contributed by atoms with Gasteiger partial charge in [-0.3, -0.25) is 0 Å². The number of hydrogen-bond donors (Lipinski definition) is 0. The van der Waals surface area contributed by atoms with E-state index < -0.39 is 0 Å². The molecule has 0 unspecified atom stereocenters. The maximum atomic E-state index is 4.52. The molecule has 4 rings (SSSR count). The minimum Gasteiger partial charge on any atom is -0.328 e. The van der Waals surface area contributed by atoms with E-state index >= 15 is 0 Å². The van der Waals surface area contributed by atoms with E-state index in [0.717, 1.165) is 13.0 Å². The van der Waals surface area contributed by atoms with Gasteiger partial charge in [-0.05, 0) is 23.1 Å². The van der Waals surface area contributed by atoms with Crippen LogP contribution in [0.1, 0.15) is 12.2 Å². The molecule has 2 heteroatoms. The van der Waals surface area contributed by atoms with Crippen molar-refractivity contribution in [3.8, 4) is 22.4 Å². The molecular formula is C18H16N2. The van der Waals surface area contributed by atoms with E-state index in [1.807, 2.05) is 12.3 Å². The quantitative estimate of drug-likeness (QED) is 0.676. The first-order chi connectivity index (χ1) is 9.92. The van der Waals surface area contributed by atoms with Crippen LogP contribution in [0.25, 0.3) is 22.4 Å². The zero-order valence-corrected chi connectivity index (χ0v) is 11.3. The lowest BCUT2D eigenvalue weighted by atomic mass is 10.0. The van der Waals surface area contributed by atoms with Gasteiger partial charge < -0.3 is 4.57 Å². The third-order valence-electron chi connectivity index (χ3n) is 4.01. The molecule has 0 atom stereocenters. The van der Waals surface area contributed by atoms with E-state index in [9.17, 15) is 0 Å². The number of benzene rings is 2. The van der Waals surface area contributed by atoms with Crippen molar-refractivity contribution < 1.29 is 0 Å². The number of hydrogen-bond acceptors (Lipinski definition) is 1. The van der Waals surface area contributed by atoms with Crippen molar-refractivity contribution in [3.05, 3.63) is 66.6 Å². The van der Waals surface area contributed by atoms with E-state index in [1.54, 1.807) is 0 Å². The molecule has 0 fully saturated rings. The fourth-order valence-electron chi connectivity index (χ4n) is 2.95. The predicted molar refractivity (Wildman–Crippen MR) is 81.4 cm³/mol. The van der Waals surface area contributed by atoms with Crippen LogP contribution in [-0.4, -0.2) is 9.55 Å². The first-order valence-corrected chi connectivity index (χ1v) is 7.12. The van der Waals surface area contributed by atoms with Gasteiger partial charge in [-0.2, -0.15) is 0 Å². The van der Waals surface area contributed by atoms with Gasteiger partial charge in [0, 0.05) is 13.0 Å². The van der Waals surface area contributed by atoms with Crippen LogP contribution in [0, 0.1) is 0 Å². The SMILES string of the molecule is c1ccc(-c2ccc(-c3cnc4n3CCC4)cc2)cc1.